The topological polar surface area (TPSA) is 50.2 Å². The molecule has 6 heteroatoms. The van der Waals surface area contributed by atoms with Gasteiger partial charge in [0.05, 0.1) is 11.8 Å². The third kappa shape index (κ3) is 2.52. The van der Waals surface area contributed by atoms with Crippen LogP contribution in [0.4, 0.5) is 4.39 Å². The Morgan fingerprint density at radius 1 is 1.33 bits per heavy atom. The van der Waals surface area contributed by atoms with Gasteiger partial charge in [0, 0.05) is 10.6 Å². The van der Waals surface area contributed by atoms with Gasteiger partial charge in [-0.25, -0.2) is 14.2 Å². The highest BCUT2D eigenvalue weighted by atomic mass is 79.9. The van der Waals surface area contributed by atoms with E-state index in [1.165, 1.54) is 24.3 Å². The number of pyridine rings is 1. The van der Waals surface area contributed by atoms with Crippen LogP contribution >= 0.6 is 27.5 Å². The summed E-state index contributed by atoms with van der Waals surface area (Å²) in [6, 6.07) is 5.69. The number of rotatable bonds is 2. The van der Waals surface area contributed by atoms with Gasteiger partial charge in [-0.2, -0.15) is 0 Å². The quantitative estimate of drug-likeness (QED) is 0.847. The highest BCUT2D eigenvalue weighted by Crippen LogP contribution is 2.29. The molecule has 92 valence electrons. The van der Waals surface area contributed by atoms with Crippen LogP contribution in [0.15, 0.2) is 35.1 Å². The zero-order valence-corrected chi connectivity index (χ0v) is 11.2. The van der Waals surface area contributed by atoms with Gasteiger partial charge in [0.15, 0.2) is 0 Å². The fourth-order valence-corrected chi connectivity index (χ4v) is 2.05. The van der Waals surface area contributed by atoms with Crippen molar-refractivity contribution in [3.05, 3.63) is 51.5 Å². The first-order chi connectivity index (χ1) is 8.49. The van der Waals surface area contributed by atoms with Crippen molar-refractivity contribution < 1.29 is 14.3 Å². The van der Waals surface area contributed by atoms with E-state index in [0.717, 1.165) is 6.20 Å². The van der Waals surface area contributed by atoms with Gasteiger partial charge in [0.25, 0.3) is 0 Å². The molecule has 0 spiro atoms. The minimum atomic E-state index is -1.17. The minimum absolute atomic E-state index is 0.0560. The Morgan fingerprint density at radius 2 is 2.06 bits per heavy atom. The molecule has 1 heterocycles. The number of aromatic carboxylic acids is 1. The van der Waals surface area contributed by atoms with E-state index in [9.17, 15) is 9.18 Å². The van der Waals surface area contributed by atoms with Gasteiger partial charge in [-0.05, 0) is 39.7 Å². The predicted octanol–water partition coefficient (Wildman–Crippen LogP) is 4.00. The molecule has 0 atom stereocenters. The Kier molecular flexibility index (Phi) is 3.63. The molecule has 0 aliphatic carbocycles. The summed E-state index contributed by atoms with van der Waals surface area (Å²) in [6.07, 6.45) is 1.03. The average Bonchev–Trinajstić information content (AvgIpc) is 2.32. The minimum Gasteiger partial charge on any atom is -0.478 e. The van der Waals surface area contributed by atoms with Gasteiger partial charge in [0.2, 0.25) is 0 Å². The first-order valence-corrected chi connectivity index (χ1v) is 6.00. The summed E-state index contributed by atoms with van der Waals surface area (Å²) >= 11 is 8.86. The summed E-state index contributed by atoms with van der Waals surface area (Å²) < 4.78 is 14.1. The zero-order chi connectivity index (χ0) is 13.3. The lowest BCUT2D eigenvalue weighted by molar-refractivity contribution is 0.0697. The number of nitrogens with zero attached hydrogens (tertiary/aromatic N) is 1. The molecule has 0 unspecified atom stereocenters. The number of halogens is 3. The van der Waals surface area contributed by atoms with Crippen LogP contribution in [0, 0.1) is 5.82 Å². The summed E-state index contributed by atoms with van der Waals surface area (Å²) in [5.41, 5.74) is 0.359. The zero-order valence-electron chi connectivity index (χ0n) is 8.82. The monoisotopic (exact) mass is 329 g/mol. The van der Waals surface area contributed by atoms with E-state index < -0.39 is 11.8 Å². The number of benzene rings is 1. The summed E-state index contributed by atoms with van der Waals surface area (Å²) in [5.74, 6) is -1.76. The maximum atomic E-state index is 13.7. The second-order valence-electron chi connectivity index (χ2n) is 3.48. The molecule has 0 saturated carbocycles. The van der Waals surface area contributed by atoms with Gasteiger partial charge in [0.1, 0.15) is 10.4 Å². The van der Waals surface area contributed by atoms with E-state index >= 15 is 0 Å². The Morgan fingerprint density at radius 3 is 2.72 bits per heavy atom. The average molecular weight is 331 g/mol. The molecule has 2 aromatic rings. The van der Waals surface area contributed by atoms with Gasteiger partial charge in [-0.15, -0.1) is 0 Å². The number of hydrogen-bond donors (Lipinski definition) is 1. The molecule has 0 radical (unpaired) electrons. The van der Waals surface area contributed by atoms with E-state index in [2.05, 4.69) is 20.9 Å². The highest BCUT2D eigenvalue weighted by molar-refractivity contribution is 9.10. The second-order valence-corrected chi connectivity index (χ2v) is 4.73. The summed E-state index contributed by atoms with van der Waals surface area (Å²) in [6.45, 7) is 0. The number of carboxylic acid groups (broad SMARTS) is 1. The largest absolute Gasteiger partial charge is 0.478 e. The van der Waals surface area contributed by atoms with Crippen molar-refractivity contribution in [1.82, 2.24) is 4.98 Å². The molecular weight excluding hydrogens is 324 g/mol. The molecule has 1 aromatic carbocycles. The predicted molar refractivity (Wildman–Crippen MR) is 69.3 cm³/mol. The van der Waals surface area contributed by atoms with Crippen molar-refractivity contribution in [3.63, 3.8) is 0 Å². The van der Waals surface area contributed by atoms with E-state index in [1.54, 1.807) is 0 Å². The third-order valence-corrected chi connectivity index (χ3v) is 2.99. The fraction of sp³-hybridized carbons (Fsp3) is 0. The Hall–Kier alpha value is -1.46. The standard InChI is InChI=1S/C12H6BrClFNO2/c13-11-4-8(10(15)5-16-11)7-2-1-6(14)3-9(7)12(17)18/h1-5H,(H,17,18). The molecule has 0 saturated heterocycles. The van der Waals surface area contributed by atoms with E-state index in [0.29, 0.717) is 4.60 Å². The van der Waals surface area contributed by atoms with Crippen LogP contribution in [0.25, 0.3) is 11.1 Å². The second kappa shape index (κ2) is 5.04. The first-order valence-electron chi connectivity index (χ1n) is 4.83. The van der Waals surface area contributed by atoms with Crippen LogP contribution < -0.4 is 0 Å². The molecule has 0 bridgehead atoms. The lowest BCUT2D eigenvalue weighted by Gasteiger charge is -2.08. The highest BCUT2D eigenvalue weighted by Gasteiger charge is 2.16. The molecular formula is C12H6BrClFNO2. The van der Waals surface area contributed by atoms with Crippen LogP contribution in [-0.4, -0.2) is 16.1 Å². The van der Waals surface area contributed by atoms with Crippen molar-refractivity contribution in [2.75, 3.05) is 0 Å². The Bertz CT molecular complexity index is 633. The van der Waals surface area contributed by atoms with E-state index in [-0.39, 0.29) is 21.7 Å². The van der Waals surface area contributed by atoms with Gasteiger partial charge in [-0.1, -0.05) is 17.7 Å². The Balaban J connectivity index is 2.70. The number of hydrogen-bond acceptors (Lipinski definition) is 2. The van der Waals surface area contributed by atoms with Gasteiger partial charge in [-0.3, -0.25) is 0 Å². The molecule has 0 amide bonds. The number of aromatic nitrogens is 1. The van der Waals surface area contributed by atoms with Crippen LogP contribution in [0.2, 0.25) is 5.02 Å². The fourth-order valence-electron chi connectivity index (χ4n) is 1.55. The summed E-state index contributed by atoms with van der Waals surface area (Å²) in [7, 11) is 0. The van der Waals surface area contributed by atoms with Crippen LogP contribution in [0.5, 0.6) is 0 Å². The van der Waals surface area contributed by atoms with E-state index in [1.807, 2.05) is 0 Å². The van der Waals surface area contributed by atoms with Crippen molar-refractivity contribution in [1.29, 1.82) is 0 Å². The smallest absolute Gasteiger partial charge is 0.336 e. The van der Waals surface area contributed by atoms with Crippen molar-refractivity contribution >= 4 is 33.5 Å². The van der Waals surface area contributed by atoms with Gasteiger partial charge < -0.3 is 5.11 Å². The molecule has 18 heavy (non-hydrogen) atoms. The van der Waals surface area contributed by atoms with Crippen molar-refractivity contribution in [2.24, 2.45) is 0 Å². The molecule has 0 aliphatic rings. The summed E-state index contributed by atoms with van der Waals surface area (Å²) in [5, 5.41) is 9.39. The third-order valence-electron chi connectivity index (χ3n) is 2.32. The van der Waals surface area contributed by atoms with Gasteiger partial charge >= 0.3 is 5.97 Å². The van der Waals surface area contributed by atoms with Crippen molar-refractivity contribution in [2.45, 2.75) is 0 Å². The van der Waals surface area contributed by atoms with E-state index in [4.69, 9.17) is 16.7 Å². The molecule has 1 aromatic heterocycles. The SMILES string of the molecule is O=C(O)c1cc(Cl)ccc1-c1cc(Br)ncc1F. The van der Waals surface area contributed by atoms with Crippen LogP contribution in [0.1, 0.15) is 10.4 Å². The molecule has 0 fully saturated rings. The number of carbonyl (C=O) groups is 1. The van der Waals surface area contributed by atoms with Crippen LogP contribution in [0.3, 0.4) is 0 Å². The van der Waals surface area contributed by atoms with Crippen LogP contribution in [-0.2, 0) is 0 Å². The maximum absolute atomic E-state index is 13.7. The lowest BCUT2D eigenvalue weighted by atomic mass is 10.0. The first kappa shape index (κ1) is 13.0. The number of carboxylic acids is 1. The molecule has 0 aliphatic heterocycles. The molecule has 3 nitrogen and oxygen atoms in total. The van der Waals surface area contributed by atoms with Crippen molar-refractivity contribution in [3.8, 4) is 11.1 Å². The lowest BCUT2D eigenvalue weighted by Crippen LogP contribution is -2.01. The maximum Gasteiger partial charge on any atom is 0.336 e. The Labute approximate surface area is 115 Å². The molecule has 2 rings (SSSR count). The normalized spacial score (nSPS) is 10.4. The molecule has 1 N–H and O–H groups in total. The summed E-state index contributed by atoms with van der Waals surface area (Å²) in [4.78, 5) is 14.9.